The summed E-state index contributed by atoms with van der Waals surface area (Å²) in [6.45, 7) is 0. The van der Waals surface area contributed by atoms with Gasteiger partial charge in [0.05, 0.1) is 14.2 Å². The Morgan fingerprint density at radius 1 is 1.14 bits per heavy atom. The van der Waals surface area contributed by atoms with Gasteiger partial charge in [-0.3, -0.25) is 4.79 Å². The first kappa shape index (κ1) is 19.4. The first-order valence-corrected chi connectivity index (χ1v) is 9.18. The molecule has 1 atom stereocenters. The zero-order valence-electron chi connectivity index (χ0n) is 15.2. The fourth-order valence-electron chi connectivity index (χ4n) is 2.58. The van der Waals surface area contributed by atoms with Crippen molar-refractivity contribution >= 4 is 23.2 Å². The quantitative estimate of drug-likeness (QED) is 0.619. The summed E-state index contributed by atoms with van der Waals surface area (Å²) in [5.74, 6) is -0.610. The van der Waals surface area contributed by atoms with Gasteiger partial charge in [-0.05, 0) is 29.8 Å². The van der Waals surface area contributed by atoms with E-state index in [2.05, 4.69) is 10.3 Å². The number of esters is 1. The van der Waals surface area contributed by atoms with Crippen LogP contribution in [-0.4, -0.2) is 36.2 Å². The van der Waals surface area contributed by atoms with E-state index in [9.17, 15) is 14.7 Å². The standard InChI is InChI=1S/C20H18N2O5S/c1-26-16-10-13(8-9-15(16)23)17(19-21-14(11-28-19)20(25)27-2)22-18(24)12-6-4-3-5-7-12/h3-11,17,23H,1-2H3,(H,22,24). The maximum Gasteiger partial charge on any atom is 0.357 e. The summed E-state index contributed by atoms with van der Waals surface area (Å²) in [4.78, 5) is 28.8. The molecule has 3 rings (SSSR count). The molecule has 2 aromatic carbocycles. The second-order valence-corrected chi connectivity index (χ2v) is 6.66. The second kappa shape index (κ2) is 8.53. The van der Waals surface area contributed by atoms with Gasteiger partial charge in [0.15, 0.2) is 17.2 Å². The molecule has 0 aliphatic carbocycles. The van der Waals surface area contributed by atoms with E-state index in [1.54, 1.807) is 41.8 Å². The third kappa shape index (κ3) is 4.12. The van der Waals surface area contributed by atoms with Gasteiger partial charge in [-0.1, -0.05) is 24.3 Å². The van der Waals surface area contributed by atoms with Gasteiger partial charge in [0.1, 0.15) is 11.0 Å². The Morgan fingerprint density at radius 2 is 1.89 bits per heavy atom. The lowest BCUT2D eigenvalue weighted by molar-refractivity contribution is 0.0594. The molecule has 0 spiro atoms. The lowest BCUT2D eigenvalue weighted by Gasteiger charge is -2.18. The highest BCUT2D eigenvalue weighted by atomic mass is 32.1. The van der Waals surface area contributed by atoms with Crippen LogP contribution in [0.4, 0.5) is 0 Å². The van der Waals surface area contributed by atoms with E-state index in [4.69, 9.17) is 9.47 Å². The molecular weight excluding hydrogens is 380 g/mol. The number of aromatic hydroxyl groups is 1. The molecule has 8 heteroatoms. The number of nitrogens with one attached hydrogen (secondary N) is 1. The molecule has 3 aromatic rings. The summed E-state index contributed by atoms with van der Waals surface area (Å²) in [6, 6.07) is 12.9. The van der Waals surface area contributed by atoms with Gasteiger partial charge in [-0.25, -0.2) is 9.78 Å². The van der Waals surface area contributed by atoms with Gasteiger partial charge >= 0.3 is 5.97 Å². The molecule has 28 heavy (non-hydrogen) atoms. The highest BCUT2D eigenvalue weighted by molar-refractivity contribution is 7.10. The van der Waals surface area contributed by atoms with Crippen molar-refractivity contribution in [3.8, 4) is 11.5 Å². The molecule has 0 aliphatic rings. The molecule has 0 saturated heterocycles. The maximum absolute atomic E-state index is 12.7. The average Bonchev–Trinajstić information content (AvgIpc) is 3.22. The van der Waals surface area contributed by atoms with E-state index in [1.165, 1.54) is 31.6 Å². The number of phenols is 1. The van der Waals surface area contributed by atoms with Gasteiger partial charge < -0.3 is 19.9 Å². The van der Waals surface area contributed by atoms with Crippen LogP contribution in [-0.2, 0) is 4.74 Å². The van der Waals surface area contributed by atoms with Crippen LogP contribution in [0.25, 0.3) is 0 Å². The number of hydrogen-bond donors (Lipinski definition) is 2. The summed E-state index contributed by atoms with van der Waals surface area (Å²) < 4.78 is 9.87. The predicted molar refractivity (Wildman–Crippen MR) is 104 cm³/mol. The highest BCUT2D eigenvalue weighted by Crippen LogP contribution is 2.33. The highest BCUT2D eigenvalue weighted by Gasteiger charge is 2.24. The van der Waals surface area contributed by atoms with E-state index in [-0.39, 0.29) is 23.1 Å². The molecule has 0 fully saturated rings. The Balaban J connectivity index is 1.99. The lowest BCUT2D eigenvalue weighted by Crippen LogP contribution is -2.29. The van der Waals surface area contributed by atoms with Crippen molar-refractivity contribution in [2.75, 3.05) is 14.2 Å². The molecule has 144 valence electrons. The van der Waals surface area contributed by atoms with Crippen LogP contribution in [0.15, 0.2) is 53.9 Å². The van der Waals surface area contributed by atoms with Crippen LogP contribution >= 0.6 is 11.3 Å². The molecule has 0 aliphatic heterocycles. The fraction of sp³-hybridized carbons (Fsp3) is 0.150. The molecule has 0 bridgehead atoms. The number of nitrogens with zero attached hydrogens (tertiary/aromatic N) is 1. The van der Waals surface area contributed by atoms with E-state index >= 15 is 0 Å². The molecule has 0 saturated carbocycles. The van der Waals surface area contributed by atoms with E-state index in [1.807, 2.05) is 6.07 Å². The summed E-state index contributed by atoms with van der Waals surface area (Å²) in [7, 11) is 2.72. The number of phenolic OH excluding ortho intramolecular Hbond substituents is 1. The van der Waals surface area contributed by atoms with Crippen LogP contribution in [0.2, 0.25) is 0 Å². The normalized spacial score (nSPS) is 11.5. The number of hydrogen-bond acceptors (Lipinski definition) is 7. The number of carbonyl (C=O) groups excluding carboxylic acids is 2. The minimum atomic E-state index is -0.648. The Hall–Kier alpha value is -3.39. The minimum Gasteiger partial charge on any atom is -0.504 e. The average molecular weight is 398 g/mol. The Labute approximate surface area is 165 Å². The molecule has 7 nitrogen and oxygen atoms in total. The molecule has 1 unspecified atom stereocenters. The Kier molecular flexibility index (Phi) is 5.90. The van der Waals surface area contributed by atoms with Crippen LogP contribution in [0.3, 0.4) is 0 Å². The van der Waals surface area contributed by atoms with Crippen molar-refractivity contribution in [2.24, 2.45) is 0 Å². The monoisotopic (exact) mass is 398 g/mol. The van der Waals surface area contributed by atoms with Crippen LogP contribution in [0.1, 0.15) is 37.5 Å². The predicted octanol–water partition coefficient (Wildman–Crippen LogP) is 3.16. The fourth-order valence-corrected chi connectivity index (χ4v) is 3.45. The third-order valence-electron chi connectivity index (χ3n) is 4.01. The van der Waals surface area contributed by atoms with E-state index in [0.29, 0.717) is 16.1 Å². The van der Waals surface area contributed by atoms with E-state index in [0.717, 1.165) is 0 Å². The molecular formula is C20H18N2O5S. The summed E-state index contributed by atoms with van der Waals surface area (Å²) in [5, 5.41) is 14.9. The van der Waals surface area contributed by atoms with Gasteiger partial charge in [0.25, 0.3) is 5.91 Å². The smallest absolute Gasteiger partial charge is 0.357 e. The van der Waals surface area contributed by atoms with Crippen LogP contribution in [0, 0.1) is 0 Å². The number of rotatable bonds is 6. The number of amides is 1. The number of benzene rings is 2. The number of methoxy groups -OCH3 is 2. The second-order valence-electron chi connectivity index (χ2n) is 5.77. The minimum absolute atomic E-state index is 0.0197. The van der Waals surface area contributed by atoms with Crippen molar-refractivity contribution in [2.45, 2.75) is 6.04 Å². The van der Waals surface area contributed by atoms with Crippen molar-refractivity contribution in [1.29, 1.82) is 0 Å². The van der Waals surface area contributed by atoms with Gasteiger partial charge in [-0.15, -0.1) is 11.3 Å². The zero-order chi connectivity index (χ0) is 20.1. The van der Waals surface area contributed by atoms with Crippen molar-refractivity contribution in [3.63, 3.8) is 0 Å². The first-order chi connectivity index (χ1) is 13.5. The lowest BCUT2D eigenvalue weighted by atomic mass is 10.1. The van der Waals surface area contributed by atoms with Crippen LogP contribution < -0.4 is 10.1 Å². The zero-order valence-corrected chi connectivity index (χ0v) is 16.0. The molecule has 1 aromatic heterocycles. The topological polar surface area (TPSA) is 97.8 Å². The van der Waals surface area contributed by atoms with Gasteiger partial charge in [0, 0.05) is 10.9 Å². The maximum atomic E-state index is 12.7. The number of carbonyl (C=O) groups is 2. The van der Waals surface area contributed by atoms with E-state index < -0.39 is 12.0 Å². The van der Waals surface area contributed by atoms with Gasteiger partial charge in [0.2, 0.25) is 0 Å². The SMILES string of the molecule is COC(=O)c1csc(C(NC(=O)c2ccccc2)c2ccc(O)c(OC)c2)n1. The molecule has 1 amide bonds. The van der Waals surface area contributed by atoms with Crippen molar-refractivity contribution in [1.82, 2.24) is 10.3 Å². The summed E-state index contributed by atoms with van der Waals surface area (Å²) in [5.41, 5.74) is 1.29. The number of ether oxygens (including phenoxy) is 2. The molecule has 2 N–H and O–H groups in total. The van der Waals surface area contributed by atoms with Crippen LogP contribution in [0.5, 0.6) is 11.5 Å². The van der Waals surface area contributed by atoms with Crippen molar-refractivity contribution < 1.29 is 24.2 Å². The van der Waals surface area contributed by atoms with Gasteiger partial charge in [-0.2, -0.15) is 0 Å². The van der Waals surface area contributed by atoms with Crippen molar-refractivity contribution in [3.05, 3.63) is 75.7 Å². The largest absolute Gasteiger partial charge is 0.504 e. The molecule has 0 radical (unpaired) electrons. The summed E-state index contributed by atoms with van der Waals surface area (Å²) in [6.07, 6.45) is 0. The Morgan fingerprint density at radius 3 is 2.57 bits per heavy atom. The summed E-state index contributed by atoms with van der Waals surface area (Å²) >= 11 is 1.22. The number of aromatic nitrogens is 1. The first-order valence-electron chi connectivity index (χ1n) is 8.30. The molecule has 1 heterocycles. The third-order valence-corrected chi connectivity index (χ3v) is 4.92. The number of thiazole rings is 1. The Bertz CT molecular complexity index is 987.